The quantitative estimate of drug-likeness (QED) is 0.849. The second-order valence-corrected chi connectivity index (χ2v) is 4.96. The third kappa shape index (κ3) is 3.41. The lowest BCUT2D eigenvalue weighted by Gasteiger charge is -2.13. The number of methoxy groups -OCH3 is 1. The number of ether oxygens (including phenoxy) is 1. The SMILES string of the molecule is COc1cc(C(=N)/C(=C(/C)N)c2ccc(Cl)cc2)ccn1. The lowest BCUT2D eigenvalue weighted by Crippen LogP contribution is -2.09. The first kappa shape index (κ1) is 15.1. The van der Waals surface area contributed by atoms with Crippen molar-refractivity contribution in [2.45, 2.75) is 6.92 Å². The molecule has 1 aromatic carbocycles. The molecule has 0 unspecified atom stereocenters. The molecule has 1 aromatic heterocycles. The fourth-order valence-corrected chi connectivity index (χ4v) is 2.13. The van der Waals surface area contributed by atoms with Gasteiger partial charge < -0.3 is 10.5 Å². The largest absolute Gasteiger partial charge is 0.481 e. The van der Waals surface area contributed by atoms with E-state index in [1.165, 1.54) is 0 Å². The monoisotopic (exact) mass is 301 g/mol. The van der Waals surface area contributed by atoms with E-state index in [4.69, 9.17) is 27.5 Å². The second kappa shape index (κ2) is 6.41. The van der Waals surface area contributed by atoms with E-state index in [1.54, 1.807) is 44.5 Å². The van der Waals surface area contributed by atoms with Crippen LogP contribution in [0.1, 0.15) is 18.1 Å². The Kier molecular flexibility index (Phi) is 4.60. The minimum absolute atomic E-state index is 0.318. The van der Waals surface area contributed by atoms with Gasteiger partial charge in [0.2, 0.25) is 5.88 Å². The van der Waals surface area contributed by atoms with Gasteiger partial charge in [-0.2, -0.15) is 0 Å². The molecule has 0 aliphatic rings. The molecule has 3 N–H and O–H groups in total. The summed E-state index contributed by atoms with van der Waals surface area (Å²) in [4.78, 5) is 4.05. The number of nitrogens with zero attached hydrogens (tertiary/aromatic N) is 1. The fraction of sp³-hybridized carbons (Fsp3) is 0.125. The zero-order chi connectivity index (χ0) is 15.4. The maximum atomic E-state index is 8.43. The summed E-state index contributed by atoms with van der Waals surface area (Å²) >= 11 is 5.91. The van der Waals surface area contributed by atoms with Crippen molar-refractivity contribution in [1.82, 2.24) is 4.98 Å². The molecule has 0 spiro atoms. The third-order valence-electron chi connectivity index (χ3n) is 3.01. The first-order valence-corrected chi connectivity index (χ1v) is 6.72. The Morgan fingerprint density at radius 3 is 2.43 bits per heavy atom. The molecule has 0 fully saturated rings. The molecule has 2 aromatic rings. The van der Waals surface area contributed by atoms with Crippen molar-refractivity contribution >= 4 is 22.9 Å². The van der Waals surface area contributed by atoms with E-state index >= 15 is 0 Å². The molecule has 0 radical (unpaired) electrons. The first-order valence-electron chi connectivity index (χ1n) is 6.34. The molecule has 4 nitrogen and oxygen atoms in total. The van der Waals surface area contributed by atoms with Crippen molar-refractivity contribution < 1.29 is 4.74 Å². The topological polar surface area (TPSA) is 72.0 Å². The summed E-state index contributed by atoms with van der Waals surface area (Å²) in [5, 5.41) is 9.07. The van der Waals surface area contributed by atoms with Gasteiger partial charge >= 0.3 is 0 Å². The predicted octanol–water partition coefficient (Wildman–Crippen LogP) is 3.50. The second-order valence-electron chi connectivity index (χ2n) is 4.53. The minimum Gasteiger partial charge on any atom is -0.481 e. The minimum atomic E-state index is 0.318. The van der Waals surface area contributed by atoms with Gasteiger partial charge in [-0.1, -0.05) is 23.7 Å². The summed E-state index contributed by atoms with van der Waals surface area (Å²) in [7, 11) is 1.54. The molecule has 5 heteroatoms. The van der Waals surface area contributed by atoms with Gasteiger partial charge in [0.25, 0.3) is 0 Å². The number of pyridine rings is 1. The molecule has 0 saturated heterocycles. The van der Waals surface area contributed by atoms with E-state index in [0.717, 1.165) is 5.56 Å². The molecule has 0 bridgehead atoms. The van der Waals surface area contributed by atoms with E-state index in [9.17, 15) is 0 Å². The zero-order valence-corrected chi connectivity index (χ0v) is 12.6. The standard InChI is InChI=1S/C16H16ClN3O/c1-10(18)15(11-3-5-13(17)6-4-11)16(19)12-7-8-20-14(9-12)21-2/h3-9,19H,18H2,1-2H3/b15-10-,19-16?. The van der Waals surface area contributed by atoms with E-state index < -0.39 is 0 Å². The summed E-state index contributed by atoms with van der Waals surface area (Å²) in [6, 6.07) is 10.7. The smallest absolute Gasteiger partial charge is 0.213 e. The molecule has 0 aliphatic heterocycles. The Hall–Kier alpha value is -2.33. The number of hydrogen-bond donors (Lipinski definition) is 2. The van der Waals surface area contributed by atoms with Crippen LogP contribution in [0, 0.1) is 5.41 Å². The molecule has 108 valence electrons. The van der Waals surface area contributed by atoms with Gasteiger partial charge in [0.15, 0.2) is 0 Å². The Morgan fingerprint density at radius 2 is 1.86 bits per heavy atom. The maximum Gasteiger partial charge on any atom is 0.213 e. The fourth-order valence-electron chi connectivity index (χ4n) is 2.01. The maximum absolute atomic E-state index is 8.43. The van der Waals surface area contributed by atoms with Crippen LogP contribution < -0.4 is 10.5 Å². The average Bonchev–Trinajstić information content (AvgIpc) is 2.49. The van der Waals surface area contributed by atoms with Crippen LogP contribution in [-0.2, 0) is 0 Å². The molecule has 21 heavy (non-hydrogen) atoms. The van der Waals surface area contributed by atoms with Crippen molar-refractivity contribution in [2.75, 3.05) is 7.11 Å². The number of hydrogen-bond acceptors (Lipinski definition) is 4. The van der Waals surface area contributed by atoms with Crippen LogP contribution in [0.3, 0.4) is 0 Å². The van der Waals surface area contributed by atoms with Gasteiger partial charge in [-0.25, -0.2) is 4.98 Å². The number of nitrogens with one attached hydrogen (secondary N) is 1. The zero-order valence-electron chi connectivity index (χ0n) is 11.9. The van der Waals surface area contributed by atoms with Gasteiger partial charge in [-0.05, 0) is 30.7 Å². The van der Waals surface area contributed by atoms with Crippen molar-refractivity contribution in [2.24, 2.45) is 5.73 Å². The molecule has 0 atom stereocenters. The van der Waals surface area contributed by atoms with E-state index in [0.29, 0.717) is 33.4 Å². The molecule has 1 heterocycles. The average molecular weight is 302 g/mol. The number of benzene rings is 1. The summed E-state index contributed by atoms with van der Waals surface area (Å²) in [5.41, 5.74) is 9.07. The van der Waals surface area contributed by atoms with Crippen LogP contribution in [0.5, 0.6) is 5.88 Å². The molecular weight excluding hydrogens is 286 g/mol. The molecule has 0 saturated carbocycles. The number of rotatable bonds is 4. The van der Waals surface area contributed by atoms with Crippen molar-refractivity contribution in [3.05, 3.63) is 64.4 Å². The number of halogens is 1. The van der Waals surface area contributed by atoms with Crippen LogP contribution >= 0.6 is 11.6 Å². The molecular formula is C16H16ClN3O. The summed E-state index contributed by atoms with van der Waals surface area (Å²) in [6.07, 6.45) is 1.61. The van der Waals surface area contributed by atoms with Gasteiger partial charge in [0.1, 0.15) is 0 Å². The summed E-state index contributed by atoms with van der Waals surface area (Å²) in [6.45, 7) is 1.77. The normalized spacial score (nSPS) is 11.8. The van der Waals surface area contributed by atoms with Gasteiger partial charge in [-0.3, -0.25) is 5.41 Å². The first-order chi connectivity index (χ1) is 10.0. The van der Waals surface area contributed by atoms with Crippen molar-refractivity contribution in [1.29, 1.82) is 5.41 Å². The van der Waals surface area contributed by atoms with Crippen LogP contribution in [0.2, 0.25) is 5.02 Å². The summed E-state index contributed by atoms with van der Waals surface area (Å²) < 4.78 is 5.09. The van der Waals surface area contributed by atoms with Gasteiger partial charge in [-0.15, -0.1) is 0 Å². The van der Waals surface area contributed by atoms with Crippen LogP contribution in [0.25, 0.3) is 5.57 Å². The Labute approximate surface area is 128 Å². The highest BCUT2D eigenvalue weighted by molar-refractivity contribution is 6.32. The van der Waals surface area contributed by atoms with Crippen molar-refractivity contribution in [3.63, 3.8) is 0 Å². The lowest BCUT2D eigenvalue weighted by atomic mass is 9.95. The van der Waals surface area contributed by atoms with Crippen LogP contribution in [0.15, 0.2) is 48.3 Å². The molecule has 2 rings (SSSR count). The third-order valence-corrected chi connectivity index (χ3v) is 3.26. The van der Waals surface area contributed by atoms with Crippen molar-refractivity contribution in [3.8, 4) is 5.88 Å². The van der Waals surface area contributed by atoms with Gasteiger partial charge in [0, 0.05) is 34.1 Å². The van der Waals surface area contributed by atoms with Crippen LogP contribution in [0.4, 0.5) is 0 Å². The van der Waals surface area contributed by atoms with E-state index in [-0.39, 0.29) is 0 Å². The van der Waals surface area contributed by atoms with E-state index in [1.807, 2.05) is 12.1 Å². The Bertz CT molecular complexity index is 689. The molecule has 0 amide bonds. The Morgan fingerprint density at radius 1 is 1.19 bits per heavy atom. The summed E-state index contributed by atoms with van der Waals surface area (Å²) in [5.74, 6) is 0.461. The Balaban J connectivity index is 2.46. The number of aromatic nitrogens is 1. The highest BCUT2D eigenvalue weighted by atomic mass is 35.5. The highest BCUT2D eigenvalue weighted by Crippen LogP contribution is 2.24. The highest BCUT2D eigenvalue weighted by Gasteiger charge is 2.14. The lowest BCUT2D eigenvalue weighted by molar-refractivity contribution is 0.398. The predicted molar refractivity (Wildman–Crippen MR) is 85.9 cm³/mol. The van der Waals surface area contributed by atoms with Crippen LogP contribution in [-0.4, -0.2) is 17.8 Å². The van der Waals surface area contributed by atoms with E-state index in [2.05, 4.69) is 4.98 Å². The van der Waals surface area contributed by atoms with Gasteiger partial charge in [0.05, 0.1) is 12.8 Å². The number of nitrogens with two attached hydrogens (primary N) is 1. The number of allylic oxidation sites excluding steroid dienone is 2. The molecule has 0 aliphatic carbocycles.